The average Bonchev–Trinajstić information content (AvgIpc) is 2.63. The summed E-state index contributed by atoms with van der Waals surface area (Å²) in [7, 11) is 1.73. The van der Waals surface area contributed by atoms with Crippen LogP contribution < -0.4 is 4.80 Å². The summed E-state index contributed by atoms with van der Waals surface area (Å²) in [5.41, 5.74) is -0.101. The maximum atomic E-state index is 12.9. The van der Waals surface area contributed by atoms with Crippen molar-refractivity contribution in [2.75, 3.05) is 0 Å². The number of aromatic nitrogens is 1. The number of thiazole rings is 1. The lowest BCUT2D eigenvalue weighted by Gasteiger charge is -1.96. The van der Waals surface area contributed by atoms with E-state index < -0.39 is 17.5 Å². The molecule has 2 aromatic rings. The summed E-state index contributed by atoms with van der Waals surface area (Å²) in [5.74, 6) is -2.25. The van der Waals surface area contributed by atoms with Gasteiger partial charge in [0.05, 0.1) is 0 Å². The third kappa shape index (κ3) is 2.65. The Hall–Kier alpha value is -1.82. The summed E-state index contributed by atoms with van der Waals surface area (Å²) in [5, 5.41) is 1.76. The minimum Gasteiger partial charge on any atom is -0.327 e. The minimum absolute atomic E-state index is 0.101. The van der Waals surface area contributed by atoms with Crippen LogP contribution in [0.15, 0.2) is 34.8 Å². The molecule has 1 aromatic carbocycles. The van der Waals surface area contributed by atoms with Gasteiger partial charge in [-0.2, -0.15) is 4.99 Å². The Balaban J connectivity index is 2.42. The number of carbonyl (C=O) groups is 1. The highest BCUT2D eigenvalue weighted by atomic mass is 32.1. The fourth-order valence-corrected chi connectivity index (χ4v) is 1.99. The number of rotatable bonds is 1. The van der Waals surface area contributed by atoms with Gasteiger partial charge in [-0.15, -0.1) is 11.3 Å². The molecule has 1 amide bonds. The first-order valence-corrected chi connectivity index (χ1v) is 5.59. The minimum atomic E-state index is -0.792. The van der Waals surface area contributed by atoms with Crippen LogP contribution in [-0.4, -0.2) is 10.5 Å². The van der Waals surface area contributed by atoms with Crippen LogP contribution in [0.4, 0.5) is 8.78 Å². The van der Waals surface area contributed by atoms with Gasteiger partial charge in [-0.25, -0.2) is 8.78 Å². The predicted octanol–water partition coefficient (Wildman–Crippen LogP) is 2.11. The smallest absolute Gasteiger partial charge is 0.279 e. The van der Waals surface area contributed by atoms with Crippen molar-refractivity contribution in [3.8, 4) is 0 Å². The molecule has 0 radical (unpaired) electrons. The molecule has 6 heteroatoms. The lowest BCUT2D eigenvalue weighted by molar-refractivity contribution is 0.0997. The molecule has 3 nitrogen and oxygen atoms in total. The lowest BCUT2D eigenvalue weighted by Crippen LogP contribution is -2.12. The molecule has 0 atom stereocenters. The number of halogens is 2. The van der Waals surface area contributed by atoms with E-state index in [2.05, 4.69) is 4.99 Å². The summed E-state index contributed by atoms with van der Waals surface area (Å²) >= 11 is 1.27. The zero-order valence-electron chi connectivity index (χ0n) is 8.85. The van der Waals surface area contributed by atoms with Crippen molar-refractivity contribution in [2.45, 2.75) is 0 Å². The largest absolute Gasteiger partial charge is 0.327 e. The second-order valence-corrected chi connectivity index (χ2v) is 4.24. The lowest BCUT2D eigenvalue weighted by atomic mass is 10.2. The van der Waals surface area contributed by atoms with Crippen LogP contribution in [0.3, 0.4) is 0 Å². The average molecular weight is 254 g/mol. The number of amides is 1. The Morgan fingerprint density at radius 2 is 1.94 bits per heavy atom. The first kappa shape index (κ1) is 11.7. The van der Waals surface area contributed by atoms with Gasteiger partial charge in [0.2, 0.25) is 0 Å². The van der Waals surface area contributed by atoms with E-state index in [1.165, 1.54) is 11.3 Å². The molecule has 17 heavy (non-hydrogen) atoms. The zero-order valence-corrected chi connectivity index (χ0v) is 9.67. The van der Waals surface area contributed by atoms with Gasteiger partial charge in [-0.3, -0.25) is 4.79 Å². The van der Waals surface area contributed by atoms with Crippen molar-refractivity contribution in [2.24, 2.45) is 12.0 Å². The zero-order chi connectivity index (χ0) is 12.4. The summed E-state index contributed by atoms with van der Waals surface area (Å²) in [6.07, 6.45) is 1.74. The van der Waals surface area contributed by atoms with Crippen molar-refractivity contribution in [3.05, 3.63) is 51.8 Å². The third-order valence-electron chi connectivity index (χ3n) is 2.07. The van der Waals surface area contributed by atoms with Crippen LogP contribution in [0.25, 0.3) is 0 Å². The third-order valence-corrected chi connectivity index (χ3v) is 2.91. The van der Waals surface area contributed by atoms with Crippen LogP contribution in [0.5, 0.6) is 0 Å². The maximum absolute atomic E-state index is 12.9. The molecule has 0 bridgehead atoms. The van der Waals surface area contributed by atoms with Crippen LogP contribution in [0.2, 0.25) is 0 Å². The van der Waals surface area contributed by atoms with Crippen molar-refractivity contribution in [3.63, 3.8) is 0 Å². The number of aryl methyl sites for hydroxylation is 1. The molecule has 0 saturated carbocycles. The van der Waals surface area contributed by atoms with Crippen molar-refractivity contribution in [1.29, 1.82) is 0 Å². The van der Waals surface area contributed by atoms with E-state index in [1.807, 2.05) is 0 Å². The van der Waals surface area contributed by atoms with Gasteiger partial charge in [0.25, 0.3) is 5.91 Å². The first-order chi connectivity index (χ1) is 8.06. The molecule has 0 aliphatic carbocycles. The molecule has 0 fully saturated rings. The highest BCUT2D eigenvalue weighted by Crippen LogP contribution is 2.08. The van der Waals surface area contributed by atoms with E-state index in [0.29, 0.717) is 10.9 Å². The number of hydrogen-bond donors (Lipinski definition) is 0. The standard InChI is InChI=1S/C11H8F2N2OS/c1-15-2-3-17-11(15)14-10(16)7-4-8(12)6-9(13)5-7/h2-6H,1H3. The number of carbonyl (C=O) groups excluding carboxylic acids is 1. The SMILES string of the molecule is Cn1ccsc1=NC(=O)c1cc(F)cc(F)c1. The van der Waals surface area contributed by atoms with E-state index in [1.54, 1.807) is 23.2 Å². The summed E-state index contributed by atoms with van der Waals surface area (Å²) in [6, 6.07) is 2.63. The summed E-state index contributed by atoms with van der Waals surface area (Å²) in [4.78, 5) is 15.9. The van der Waals surface area contributed by atoms with E-state index in [9.17, 15) is 13.6 Å². The Morgan fingerprint density at radius 1 is 1.29 bits per heavy atom. The van der Waals surface area contributed by atoms with Crippen molar-refractivity contribution < 1.29 is 13.6 Å². The summed E-state index contributed by atoms with van der Waals surface area (Å²) in [6.45, 7) is 0. The number of hydrogen-bond acceptors (Lipinski definition) is 2. The van der Waals surface area contributed by atoms with Crippen LogP contribution >= 0.6 is 11.3 Å². The fraction of sp³-hybridized carbons (Fsp3) is 0.0909. The van der Waals surface area contributed by atoms with E-state index in [0.717, 1.165) is 12.1 Å². The number of benzene rings is 1. The van der Waals surface area contributed by atoms with Crippen LogP contribution in [0, 0.1) is 11.6 Å². The van der Waals surface area contributed by atoms with E-state index >= 15 is 0 Å². The predicted molar refractivity (Wildman–Crippen MR) is 59.5 cm³/mol. The molecular formula is C11H8F2N2OS. The normalized spacial score (nSPS) is 11.8. The second kappa shape index (κ2) is 4.58. The van der Waals surface area contributed by atoms with Gasteiger partial charge in [-0.1, -0.05) is 0 Å². The molecule has 0 saturated heterocycles. The first-order valence-electron chi connectivity index (χ1n) is 4.71. The van der Waals surface area contributed by atoms with Crippen molar-refractivity contribution in [1.82, 2.24) is 4.57 Å². The highest BCUT2D eigenvalue weighted by molar-refractivity contribution is 7.07. The second-order valence-electron chi connectivity index (χ2n) is 3.37. The Labute approximate surface area is 99.7 Å². The molecule has 0 aliphatic rings. The van der Waals surface area contributed by atoms with Gasteiger partial charge in [0.1, 0.15) is 11.6 Å². The topological polar surface area (TPSA) is 34.4 Å². The molecule has 0 spiro atoms. The van der Waals surface area contributed by atoms with Gasteiger partial charge in [-0.05, 0) is 12.1 Å². The molecule has 1 aromatic heterocycles. The molecular weight excluding hydrogens is 246 g/mol. The molecule has 1 heterocycles. The molecule has 0 N–H and O–H groups in total. The molecule has 0 unspecified atom stereocenters. The van der Waals surface area contributed by atoms with Gasteiger partial charge in [0, 0.05) is 30.3 Å². The van der Waals surface area contributed by atoms with Gasteiger partial charge >= 0.3 is 0 Å². The van der Waals surface area contributed by atoms with E-state index in [4.69, 9.17) is 0 Å². The van der Waals surface area contributed by atoms with E-state index in [-0.39, 0.29) is 5.56 Å². The fourth-order valence-electron chi connectivity index (χ4n) is 1.26. The Morgan fingerprint density at radius 3 is 2.47 bits per heavy atom. The number of nitrogens with zero attached hydrogens (tertiary/aromatic N) is 2. The Bertz CT molecular complexity index is 610. The van der Waals surface area contributed by atoms with Crippen LogP contribution in [-0.2, 0) is 7.05 Å². The van der Waals surface area contributed by atoms with Gasteiger partial charge < -0.3 is 4.57 Å². The van der Waals surface area contributed by atoms with Gasteiger partial charge in [0.15, 0.2) is 4.80 Å². The molecule has 2 rings (SSSR count). The maximum Gasteiger partial charge on any atom is 0.279 e. The summed E-state index contributed by atoms with van der Waals surface area (Å²) < 4.78 is 27.5. The molecule has 0 aliphatic heterocycles. The molecule has 88 valence electrons. The quantitative estimate of drug-likeness (QED) is 0.767. The monoisotopic (exact) mass is 254 g/mol. The van der Waals surface area contributed by atoms with Crippen molar-refractivity contribution >= 4 is 17.2 Å². The highest BCUT2D eigenvalue weighted by Gasteiger charge is 2.08. The Kier molecular flexibility index (Phi) is 3.14. The van der Waals surface area contributed by atoms with Crippen LogP contribution in [0.1, 0.15) is 10.4 Å².